The number of carbonyl (C=O) groups is 1. The maximum Gasteiger partial charge on any atom is 0.253 e. The third-order valence-electron chi connectivity index (χ3n) is 3.75. The second kappa shape index (κ2) is 7.97. The maximum absolute atomic E-state index is 12.4. The van der Waals surface area contributed by atoms with E-state index in [9.17, 15) is 4.79 Å². The minimum Gasteiger partial charge on any atom is -0.379 e. The van der Waals surface area contributed by atoms with Gasteiger partial charge in [-0.25, -0.2) is 0 Å². The second-order valence-corrected chi connectivity index (χ2v) is 5.98. The molecule has 0 aliphatic heterocycles. The van der Waals surface area contributed by atoms with Gasteiger partial charge in [0.2, 0.25) is 0 Å². The zero-order valence-corrected chi connectivity index (χ0v) is 14.4. The highest BCUT2D eigenvalue weighted by Crippen LogP contribution is 2.20. The van der Waals surface area contributed by atoms with Gasteiger partial charge < -0.3 is 14.6 Å². The lowest BCUT2D eigenvalue weighted by Crippen LogP contribution is -2.26. The van der Waals surface area contributed by atoms with E-state index >= 15 is 0 Å². The summed E-state index contributed by atoms with van der Waals surface area (Å²) in [5.41, 5.74) is 3.83. The molecule has 1 amide bonds. The Balaban J connectivity index is 2.02. The van der Waals surface area contributed by atoms with Gasteiger partial charge in [0, 0.05) is 30.2 Å². The van der Waals surface area contributed by atoms with Crippen LogP contribution in [0.1, 0.15) is 42.0 Å². The standard InChI is InChI=1S/C19H26N2O2/c1-14(2)23-12-8-11-20-19(22)18-13-15(3)21(16(18)4)17-9-6-5-7-10-17/h5-7,9-10,13-14H,8,11-12H2,1-4H3,(H,20,22). The highest BCUT2D eigenvalue weighted by molar-refractivity contribution is 5.95. The Labute approximate surface area is 138 Å². The first-order valence-corrected chi connectivity index (χ1v) is 8.15. The molecule has 0 aliphatic carbocycles. The van der Waals surface area contributed by atoms with Crippen molar-refractivity contribution >= 4 is 5.91 Å². The topological polar surface area (TPSA) is 43.3 Å². The fraction of sp³-hybridized carbons (Fsp3) is 0.421. The molecule has 4 heteroatoms. The van der Waals surface area contributed by atoms with Crippen molar-refractivity contribution in [2.24, 2.45) is 0 Å². The van der Waals surface area contributed by atoms with Gasteiger partial charge in [-0.3, -0.25) is 4.79 Å². The van der Waals surface area contributed by atoms with Gasteiger partial charge in [-0.15, -0.1) is 0 Å². The summed E-state index contributed by atoms with van der Waals surface area (Å²) in [7, 11) is 0. The van der Waals surface area contributed by atoms with Crippen LogP contribution >= 0.6 is 0 Å². The van der Waals surface area contributed by atoms with Crippen molar-refractivity contribution in [3.05, 3.63) is 53.3 Å². The van der Waals surface area contributed by atoms with Gasteiger partial charge in [0.1, 0.15) is 0 Å². The molecule has 124 valence electrons. The first-order chi connectivity index (χ1) is 11.0. The first kappa shape index (κ1) is 17.3. The number of benzene rings is 1. The summed E-state index contributed by atoms with van der Waals surface area (Å²) in [4.78, 5) is 12.4. The van der Waals surface area contributed by atoms with Gasteiger partial charge in [-0.1, -0.05) is 18.2 Å². The minimum absolute atomic E-state index is 0.0233. The molecule has 0 atom stereocenters. The van der Waals surface area contributed by atoms with Crippen molar-refractivity contribution in [1.82, 2.24) is 9.88 Å². The monoisotopic (exact) mass is 314 g/mol. The number of carbonyl (C=O) groups excluding carboxylic acids is 1. The Hall–Kier alpha value is -2.07. The molecule has 0 radical (unpaired) electrons. The third kappa shape index (κ3) is 4.45. The Morgan fingerprint density at radius 3 is 2.57 bits per heavy atom. The smallest absolute Gasteiger partial charge is 0.253 e. The molecule has 0 saturated heterocycles. The van der Waals surface area contributed by atoms with Crippen LogP contribution in [0.15, 0.2) is 36.4 Å². The van der Waals surface area contributed by atoms with Crippen LogP contribution in [0.2, 0.25) is 0 Å². The normalized spacial score (nSPS) is 11.0. The molecule has 2 rings (SSSR count). The Kier molecular flexibility index (Phi) is 5.99. The second-order valence-electron chi connectivity index (χ2n) is 5.98. The molecule has 0 fully saturated rings. The van der Waals surface area contributed by atoms with Crippen molar-refractivity contribution in [2.45, 2.75) is 40.2 Å². The molecule has 2 aromatic rings. The highest BCUT2D eigenvalue weighted by atomic mass is 16.5. The number of hydrogen-bond acceptors (Lipinski definition) is 2. The van der Waals surface area contributed by atoms with E-state index in [4.69, 9.17) is 4.74 Å². The average molecular weight is 314 g/mol. The van der Waals surface area contributed by atoms with Crippen LogP contribution in [0, 0.1) is 13.8 Å². The van der Waals surface area contributed by atoms with Gasteiger partial charge in [0.05, 0.1) is 11.7 Å². The fourth-order valence-electron chi connectivity index (χ4n) is 2.66. The van der Waals surface area contributed by atoms with Crippen LogP contribution in [-0.4, -0.2) is 29.7 Å². The molecule has 0 unspecified atom stereocenters. The number of aryl methyl sites for hydroxylation is 1. The van der Waals surface area contributed by atoms with E-state index in [1.165, 1.54) is 0 Å². The van der Waals surface area contributed by atoms with Crippen molar-refractivity contribution in [2.75, 3.05) is 13.2 Å². The average Bonchev–Trinajstić information content (AvgIpc) is 2.82. The van der Waals surface area contributed by atoms with Crippen LogP contribution in [0.5, 0.6) is 0 Å². The van der Waals surface area contributed by atoms with Crippen LogP contribution in [0.3, 0.4) is 0 Å². The number of amides is 1. The van der Waals surface area contributed by atoms with Gasteiger partial charge >= 0.3 is 0 Å². The summed E-state index contributed by atoms with van der Waals surface area (Å²) in [5.74, 6) is -0.0233. The van der Waals surface area contributed by atoms with E-state index in [-0.39, 0.29) is 12.0 Å². The van der Waals surface area contributed by atoms with E-state index in [1.54, 1.807) is 0 Å². The molecule has 4 nitrogen and oxygen atoms in total. The number of para-hydroxylation sites is 1. The molecule has 0 aliphatic rings. The minimum atomic E-state index is -0.0233. The van der Waals surface area contributed by atoms with E-state index < -0.39 is 0 Å². The summed E-state index contributed by atoms with van der Waals surface area (Å²) in [6, 6.07) is 12.0. The number of nitrogens with one attached hydrogen (secondary N) is 1. The van der Waals surface area contributed by atoms with E-state index in [1.807, 2.05) is 64.1 Å². The molecule has 1 aromatic carbocycles. The predicted molar refractivity (Wildman–Crippen MR) is 93.3 cm³/mol. The lowest BCUT2D eigenvalue weighted by molar-refractivity contribution is 0.0757. The molecule has 0 spiro atoms. The summed E-state index contributed by atoms with van der Waals surface area (Å²) in [6.07, 6.45) is 1.05. The van der Waals surface area contributed by atoms with E-state index in [2.05, 4.69) is 9.88 Å². The van der Waals surface area contributed by atoms with Crippen LogP contribution in [0.4, 0.5) is 0 Å². The summed E-state index contributed by atoms with van der Waals surface area (Å²) in [5, 5.41) is 2.97. The summed E-state index contributed by atoms with van der Waals surface area (Å²) < 4.78 is 7.59. The molecular weight excluding hydrogens is 288 g/mol. The molecule has 23 heavy (non-hydrogen) atoms. The first-order valence-electron chi connectivity index (χ1n) is 8.15. The van der Waals surface area contributed by atoms with E-state index in [0.717, 1.165) is 29.1 Å². The maximum atomic E-state index is 12.4. The number of aromatic nitrogens is 1. The Bertz CT molecular complexity index is 645. The molecule has 1 aromatic heterocycles. The van der Waals surface area contributed by atoms with Crippen molar-refractivity contribution < 1.29 is 9.53 Å². The number of ether oxygens (including phenoxy) is 1. The lowest BCUT2D eigenvalue weighted by Gasteiger charge is -2.10. The SMILES string of the molecule is Cc1cc(C(=O)NCCCOC(C)C)c(C)n1-c1ccccc1. The van der Waals surface area contributed by atoms with Gasteiger partial charge in [-0.05, 0) is 52.3 Å². The molecule has 1 N–H and O–H groups in total. The van der Waals surface area contributed by atoms with Crippen molar-refractivity contribution in [3.8, 4) is 5.69 Å². The molecular formula is C19H26N2O2. The van der Waals surface area contributed by atoms with E-state index in [0.29, 0.717) is 13.2 Å². The zero-order chi connectivity index (χ0) is 16.8. The third-order valence-corrected chi connectivity index (χ3v) is 3.75. The molecule has 0 saturated carbocycles. The lowest BCUT2D eigenvalue weighted by atomic mass is 10.2. The highest BCUT2D eigenvalue weighted by Gasteiger charge is 2.16. The van der Waals surface area contributed by atoms with Crippen molar-refractivity contribution in [3.63, 3.8) is 0 Å². The van der Waals surface area contributed by atoms with Crippen LogP contribution < -0.4 is 5.32 Å². The number of hydrogen-bond donors (Lipinski definition) is 1. The summed E-state index contributed by atoms with van der Waals surface area (Å²) in [6.45, 7) is 9.32. The predicted octanol–water partition coefficient (Wildman–Crippen LogP) is 3.64. The number of rotatable bonds is 7. The molecule has 1 heterocycles. The van der Waals surface area contributed by atoms with Crippen LogP contribution in [-0.2, 0) is 4.74 Å². The fourth-order valence-corrected chi connectivity index (χ4v) is 2.66. The van der Waals surface area contributed by atoms with Crippen molar-refractivity contribution in [1.29, 1.82) is 0 Å². The Morgan fingerprint density at radius 2 is 1.91 bits per heavy atom. The van der Waals surface area contributed by atoms with Gasteiger partial charge in [0.15, 0.2) is 0 Å². The summed E-state index contributed by atoms with van der Waals surface area (Å²) >= 11 is 0. The zero-order valence-electron chi connectivity index (χ0n) is 14.4. The quantitative estimate of drug-likeness (QED) is 0.793. The Morgan fingerprint density at radius 1 is 1.22 bits per heavy atom. The van der Waals surface area contributed by atoms with Crippen LogP contribution in [0.25, 0.3) is 5.69 Å². The van der Waals surface area contributed by atoms with Gasteiger partial charge in [-0.2, -0.15) is 0 Å². The largest absolute Gasteiger partial charge is 0.379 e. The molecule has 0 bridgehead atoms. The van der Waals surface area contributed by atoms with Gasteiger partial charge in [0.25, 0.3) is 5.91 Å². The number of nitrogens with zero attached hydrogens (tertiary/aromatic N) is 1.